The maximum atomic E-state index is 14.4. The van der Waals surface area contributed by atoms with E-state index >= 15 is 0 Å². The first-order chi connectivity index (χ1) is 16.1. The van der Waals surface area contributed by atoms with Crippen molar-refractivity contribution in [3.8, 4) is 0 Å². The lowest BCUT2D eigenvalue weighted by Gasteiger charge is -2.72. The van der Waals surface area contributed by atoms with Crippen LogP contribution < -0.4 is 0 Å². The Morgan fingerprint density at radius 2 is 1.60 bits per heavy atom. The van der Waals surface area contributed by atoms with Gasteiger partial charge in [-0.3, -0.25) is 4.79 Å². The van der Waals surface area contributed by atoms with Crippen LogP contribution in [0.5, 0.6) is 0 Å². The van der Waals surface area contributed by atoms with E-state index in [0.717, 1.165) is 38.5 Å². The Kier molecular flexibility index (Phi) is 5.14. The Balaban J connectivity index is 1.64. The van der Waals surface area contributed by atoms with Crippen LogP contribution in [0.3, 0.4) is 0 Å². The Morgan fingerprint density at radius 3 is 2.23 bits per heavy atom. The third kappa shape index (κ3) is 2.95. The van der Waals surface area contributed by atoms with Crippen molar-refractivity contribution in [2.75, 3.05) is 0 Å². The standard InChI is InChI=1S/C32H45NO2/c1-10-32-15-13-27(2,3)18-20(32)25-22(34)17-24-29(6)19-21(33-9)26(35)28(4,5)23(29)11-12-30(24,7)31(25,8)14-16-32/h10,19-20,23-25H,1,11-18H2,2-8H3/t20-,23?,24?,25-,29-,30+,31+,32+/m0/s1. The zero-order valence-corrected chi connectivity index (χ0v) is 23.1. The lowest BCUT2D eigenvalue weighted by Crippen LogP contribution is -2.68. The molecule has 0 radical (unpaired) electrons. The highest BCUT2D eigenvalue weighted by Crippen LogP contribution is 2.75. The lowest BCUT2D eigenvalue weighted by molar-refractivity contribution is -0.217. The highest BCUT2D eigenvalue weighted by atomic mass is 16.1. The van der Waals surface area contributed by atoms with Gasteiger partial charge in [0.15, 0.2) is 5.78 Å². The molecule has 35 heavy (non-hydrogen) atoms. The minimum Gasteiger partial charge on any atom is -0.307 e. The van der Waals surface area contributed by atoms with Gasteiger partial charge in [-0.15, -0.1) is 6.58 Å². The van der Waals surface area contributed by atoms with E-state index in [1.165, 1.54) is 6.42 Å². The number of ketones is 2. The van der Waals surface area contributed by atoms with E-state index in [4.69, 9.17) is 6.57 Å². The minimum absolute atomic E-state index is 0.00580. The molecule has 4 saturated carbocycles. The van der Waals surface area contributed by atoms with Gasteiger partial charge in [-0.05, 0) is 89.8 Å². The summed E-state index contributed by atoms with van der Waals surface area (Å²) in [5.41, 5.74) is -0.291. The summed E-state index contributed by atoms with van der Waals surface area (Å²) in [5.74, 6) is 1.22. The van der Waals surface area contributed by atoms with Crippen molar-refractivity contribution in [3.63, 3.8) is 0 Å². The predicted octanol–water partition coefficient (Wildman–Crippen LogP) is 7.83. The van der Waals surface area contributed by atoms with Crippen molar-refractivity contribution < 1.29 is 9.59 Å². The molecule has 0 bridgehead atoms. The number of hydrogen-bond donors (Lipinski definition) is 0. The van der Waals surface area contributed by atoms with Gasteiger partial charge in [0.1, 0.15) is 5.78 Å². The fraction of sp³-hybridized carbons (Fsp3) is 0.781. The van der Waals surface area contributed by atoms with Gasteiger partial charge < -0.3 is 4.79 Å². The average molecular weight is 476 g/mol. The van der Waals surface area contributed by atoms with E-state index in [-0.39, 0.29) is 50.6 Å². The second kappa shape index (κ2) is 7.20. The van der Waals surface area contributed by atoms with Crippen LogP contribution in [0.25, 0.3) is 4.85 Å². The minimum atomic E-state index is -0.566. The molecule has 3 nitrogen and oxygen atoms in total. The molecular formula is C32H45NO2. The van der Waals surface area contributed by atoms with Gasteiger partial charge >= 0.3 is 0 Å². The molecule has 5 aliphatic carbocycles. The molecule has 190 valence electrons. The number of fused-ring (bicyclic) bond motifs is 7. The van der Waals surface area contributed by atoms with Gasteiger partial charge in [-0.2, -0.15) is 0 Å². The zero-order chi connectivity index (χ0) is 25.8. The van der Waals surface area contributed by atoms with Crippen molar-refractivity contribution in [2.45, 2.75) is 99.8 Å². The van der Waals surface area contributed by atoms with Crippen LogP contribution in [0, 0.1) is 62.7 Å². The quantitative estimate of drug-likeness (QED) is 0.286. The van der Waals surface area contributed by atoms with Crippen LogP contribution in [-0.4, -0.2) is 11.6 Å². The smallest absolute Gasteiger partial charge is 0.226 e. The van der Waals surface area contributed by atoms with Crippen LogP contribution >= 0.6 is 0 Å². The van der Waals surface area contributed by atoms with Gasteiger partial charge in [0, 0.05) is 17.8 Å². The summed E-state index contributed by atoms with van der Waals surface area (Å²) in [6.07, 6.45) is 12.5. The zero-order valence-electron chi connectivity index (χ0n) is 23.1. The Hall–Kier alpha value is -1.69. The second-order valence-corrected chi connectivity index (χ2v) is 15.1. The molecule has 0 amide bonds. The Labute approximate surface area is 213 Å². The van der Waals surface area contributed by atoms with Crippen LogP contribution in [0.4, 0.5) is 0 Å². The third-order valence-corrected chi connectivity index (χ3v) is 12.9. The van der Waals surface area contributed by atoms with Crippen molar-refractivity contribution >= 4 is 11.6 Å². The maximum absolute atomic E-state index is 14.4. The molecule has 0 aliphatic heterocycles. The number of carbonyl (C=O) groups excluding carboxylic acids is 2. The normalized spacial score (nSPS) is 49.9. The molecule has 4 fully saturated rings. The van der Waals surface area contributed by atoms with Crippen molar-refractivity contribution in [3.05, 3.63) is 35.8 Å². The first-order valence-corrected chi connectivity index (χ1v) is 13.9. The molecule has 0 N–H and O–H groups in total. The van der Waals surface area contributed by atoms with Gasteiger partial charge in [-0.1, -0.05) is 60.6 Å². The van der Waals surface area contributed by atoms with E-state index in [1.807, 2.05) is 19.9 Å². The molecule has 0 aromatic rings. The van der Waals surface area contributed by atoms with Crippen molar-refractivity contribution in [2.24, 2.45) is 56.2 Å². The van der Waals surface area contributed by atoms with Crippen molar-refractivity contribution in [1.82, 2.24) is 0 Å². The summed E-state index contributed by atoms with van der Waals surface area (Å²) in [7, 11) is 0. The molecule has 0 aromatic heterocycles. The predicted molar refractivity (Wildman–Crippen MR) is 140 cm³/mol. The molecule has 5 aliphatic rings. The first kappa shape index (κ1) is 25.0. The number of allylic oxidation sites excluding steroid dienone is 3. The lowest BCUT2D eigenvalue weighted by atomic mass is 9.31. The molecular weight excluding hydrogens is 430 g/mol. The monoisotopic (exact) mass is 475 g/mol. The number of rotatable bonds is 1. The molecule has 2 unspecified atom stereocenters. The average Bonchev–Trinajstić information content (AvgIpc) is 2.77. The summed E-state index contributed by atoms with van der Waals surface area (Å²) in [5, 5.41) is 0. The van der Waals surface area contributed by atoms with Gasteiger partial charge in [-0.25, -0.2) is 4.85 Å². The van der Waals surface area contributed by atoms with Gasteiger partial charge in [0.2, 0.25) is 5.70 Å². The van der Waals surface area contributed by atoms with E-state index < -0.39 is 5.41 Å². The van der Waals surface area contributed by atoms with Crippen LogP contribution in [-0.2, 0) is 9.59 Å². The van der Waals surface area contributed by atoms with Gasteiger partial charge in [0.25, 0.3) is 0 Å². The second-order valence-electron chi connectivity index (χ2n) is 15.1. The Bertz CT molecular complexity index is 1070. The molecule has 0 heterocycles. The third-order valence-electron chi connectivity index (χ3n) is 12.9. The number of Topliss-reactive ketones (excluding diaryl/α,β-unsaturated/α-hetero) is 2. The van der Waals surface area contributed by atoms with Crippen LogP contribution in [0.15, 0.2) is 24.4 Å². The maximum Gasteiger partial charge on any atom is 0.226 e. The molecule has 8 atom stereocenters. The van der Waals surface area contributed by atoms with Crippen LogP contribution in [0.2, 0.25) is 0 Å². The summed E-state index contributed by atoms with van der Waals surface area (Å²) < 4.78 is 0. The topological polar surface area (TPSA) is 38.5 Å². The molecule has 0 spiro atoms. The highest BCUT2D eigenvalue weighted by molar-refractivity contribution is 6.02. The summed E-state index contributed by atoms with van der Waals surface area (Å²) in [4.78, 5) is 31.3. The summed E-state index contributed by atoms with van der Waals surface area (Å²) in [6.45, 7) is 28.1. The fourth-order valence-electron chi connectivity index (χ4n) is 10.7. The molecule has 0 saturated heterocycles. The number of nitrogens with zero attached hydrogens (tertiary/aromatic N) is 1. The largest absolute Gasteiger partial charge is 0.307 e. The molecule has 0 aromatic carbocycles. The van der Waals surface area contributed by atoms with E-state index in [9.17, 15) is 9.59 Å². The first-order valence-electron chi connectivity index (χ1n) is 13.9. The molecule has 5 rings (SSSR count). The summed E-state index contributed by atoms with van der Waals surface area (Å²) >= 11 is 0. The van der Waals surface area contributed by atoms with E-state index in [2.05, 4.69) is 52.1 Å². The fourth-order valence-corrected chi connectivity index (χ4v) is 10.7. The van der Waals surface area contributed by atoms with Crippen molar-refractivity contribution in [1.29, 1.82) is 0 Å². The SMILES string of the molecule is [C-]#[N+]C1=C[C@@]2(C)C(CC[C@]3(C)C2CC(=O)[C@@H]2[C@@H]4CC(C)(C)CC[C@]4(C=C)CC[C@]23C)C(C)(C)C1=O. The number of carbonyl (C=O) groups is 2. The number of hydrogen-bond acceptors (Lipinski definition) is 2. The summed E-state index contributed by atoms with van der Waals surface area (Å²) in [6, 6.07) is 0. The van der Waals surface area contributed by atoms with Gasteiger partial charge in [0.05, 0.1) is 6.57 Å². The van der Waals surface area contributed by atoms with E-state index in [0.29, 0.717) is 23.8 Å². The highest BCUT2D eigenvalue weighted by Gasteiger charge is 2.71. The Morgan fingerprint density at radius 1 is 0.943 bits per heavy atom. The molecule has 3 heteroatoms. The van der Waals surface area contributed by atoms with E-state index in [1.54, 1.807) is 0 Å². The van der Waals surface area contributed by atoms with Crippen LogP contribution in [0.1, 0.15) is 99.8 Å².